The van der Waals surface area contributed by atoms with Gasteiger partial charge in [0.15, 0.2) is 0 Å². The summed E-state index contributed by atoms with van der Waals surface area (Å²) in [5.74, 6) is -0.646. The number of nitrogens with zero attached hydrogens (tertiary/aromatic N) is 2. The number of allylic oxidation sites excluding steroid dienone is 1. The van der Waals surface area contributed by atoms with E-state index in [4.69, 9.17) is 0 Å². The highest BCUT2D eigenvalue weighted by Gasteiger charge is 2.46. The van der Waals surface area contributed by atoms with E-state index in [1.807, 2.05) is 54.6 Å². The summed E-state index contributed by atoms with van der Waals surface area (Å²) in [5.41, 5.74) is 3.91. The van der Waals surface area contributed by atoms with Gasteiger partial charge in [-0.25, -0.2) is 0 Å². The molecule has 0 saturated carbocycles. The lowest BCUT2D eigenvalue weighted by molar-refractivity contribution is -0.124. The van der Waals surface area contributed by atoms with Gasteiger partial charge in [-0.3, -0.25) is 14.5 Å². The zero-order chi connectivity index (χ0) is 23.9. The van der Waals surface area contributed by atoms with Gasteiger partial charge in [-0.2, -0.15) is 5.26 Å². The summed E-state index contributed by atoms with van der Waals surface area (Å²) in [5, 5.41) is 12.8. The molecule has 5 rings (SSSR count). The van der Waals surface area contributed by atoms with Crippen molar-refractivity contribution in [1.29, 1.82) is 5.26 Å². The number of fused-ring (bicyclic) bond motifs is 2. The first-order chi connectivity index (χ1) is 16.4. The predicted octanol–water partition coefficient (Wildman–Crippen LogP) is 5.87. The van der Waals surface area contributed by atoms with E-state index in [1.165, 1.54) is 0 Å². The molecule has 1 amide bonds. The van der Waals surface area contributed by atoms with Crippen LogP contribution >= 0.6 is 0 Å². The molecular formula is C29H25N3O2. The molecule has 1 N–H and O–H groups in total. The van der Waals surface area contributed by atoms with Crippen molar-refractivity contribution in [2.45, 2.75) is 26.3 Å². The third-order valence-electron chi connectivity index (χ3n) is 6.52. The van der Waals surface area contributed by atoms with E-state index in [1.54, 1.807) is 29.2 Å². The van der Waals surface area contributed by atoms with E-state index in [0.29, 0.717) is 23.2 Å². The van der Waals surface area contributed by atoms with Crippen molar-refractivity contribution in [2.24, 2.45) is 11.3 Å². The Morgan fingerprint density at radius 2 is 1.68 bits per heavy atom. The quantitative estimate of drug-likeness (QED) is 0.533. The Morgan fingerprint density at radius 3 is 2.38 bits per heavy atom. The molecule has 0 radical (unpaired) electrons. The molecule has 0 spiro atoms. The van der Waals surface area contributed by atoms with Gasteiger partial charge in [0.05, 0.1) is 35.0 Å². The molecule has 2 aliphatic rings. The number of nitriles is 1. The van der Waals surface area contributed by atoms with Crippen LogP contribution in [0, 0.1) is 22.7 Å². The second-order valence-corrected chi connectivity index (χ2v) is 9.57. The fourth-order valence-corrected chi connectivity index (χ4v) is 5.05. The van der Waals surface area contributed by atoms with Gasteiger partial charge in [-0.1, -0.05) is 62.4 Å². The second kappa shape index (κ2) is 8.31. The Hall–Kier alpha value is -4.17. The summed E-state index contributed by atoms with van der Waals surface area (Å²) in [6, 6.07) is 25.6. The normalized spacial score (nSPS) is 20.7. The van der Waals surface area contributed by atoms with Gasteiger partial charge in [0.25, 0.3) is 5.91 Å². The molecule has 3 aromatic rings. The predicted molar refractivity (Wildman–Crippen MR) is 132 cm³/mol. The van der Waals surface area contributed by atoms with Crippen LogP contribution in [0.5, 0.6) is 0 Å². The molecule has 0 aromatic heterocycles. The molecule has 1 aliphatic heterocycles. The van der Waals surface area contributed by atoms with Crippen molar-refractivity contribution in [2.75, 3.05) is 10.2 Å². The zero-order valence-corrected chi connectivity index (χ0v) is 19.2. The number of hydrogen-bond acceptors (Lipinski definition) is 4. The van der Waals surface area contributed by atoms with E-state index in [0.717, 1.165) is 16.9 Å². The first-order valence-electron chi connectivity index (χ1n) is 11.4. The molecule has 0 fully saturated rings. The van der Waals surface area contributed by atoms with Gasteiger partial charge < -0.3 is 5.32 Å². The highest BCUT2D eigenvalue weighted by Crippen LogP contribution is 2.48. The van der Waals surface area contributed by atoms with E-state index in [-0.39, 0.29) is 17.1 Å². The Balaban J connectivity index is 1.78. The number of anilines is 2. The smallest absolute Gasteiger partial charge is 0.258 e. The second-order valence-electron chi connectivity index (χ2n) is 9.57. The number of rotatable bonds is 2. The molecule has 1 aliphatic carbocycles. The Kier molecular flexibility index (Phi) is 5.30. The van der Waals surface area contributed by atoms with Crippen molar-refractivity contribution < 1.29 is 9.59 Å². The van der Waals surface area contributed by atoms with E-state index in [2.05, 4.69) is 31.3 Å². The van der Waals surface area contributed by atoms with Gasteiger partial charge in [0, 0.05) is 17.7 Å². The fraction of sp³-hybridized carbons (Fsp3) is 0.207. The monoisotopic (exact) mass is 447 g/mol. The summed E-state index contributed by atoms with van der Waals surface area (Å²) in [7, 11) is 0. The molecule has 2 unspecified atom stereocenters. The van der Waals surface area contributed by atoms with Crippen molar-refractivity contribution >= 4 is 23.1 Å². The minimum absolute atomic E-state index is 0.0861. The lowest BCUT2D eigenvalue weighted by Crippen LogP contribution is -2.43. The van der Waals surface area contributed by atoms with Crippen LogP contribution in [0.25, 0.3) is 0 Å². The summed E-state index contributed by atoms with van der Waals surface area (Å²) in [6.45, 7) is 4.10. The number of benzene rings is 3. The van der Waals surface area contributed by atoms with Gasteiger partial charge in [-0.05, 0) is 47.4 Å². The SMILES string of the molecule is CC1(C)C=C2Nc3ccccc3N(C(=O)c3ccccc3)C(c3ccc(C#N)cc3)C2C(=O)C1. The number of carbonyl (C=O) groups excluding carboxylic acids is 2. The summed E-state index contributed by atoms with van der Waals surface area (Å²) in [6.07, 6.45) is 2.52. The molecule has 5 nitrogen and oxygen atoms in total. The van der Waals surface area contributed by atoms with E-state index in [9.17, 15) is 14.9 Å². The lowest BCUT2D eigenvalue weighted by Gasteiger charge is -2.39. The van der Waals surface area contributed by atoms with Crippen LogP contribution in [-0.4, -0.2) is 11.7 Å². The van der Waals surface area contributed by atoms with Crippen LogP contribution in [-0.2, 0) is 4.79 Å². The third-order valence-corrected chi connectivity index (χ3v) is 6.52. The molecule has 168 valence electrons. The number of nitrogens with one attached hydrogen (secondary N) is 1. The molecule has 1 heterocycles. The minimum atomic E-state index is -0.563. The Bertz CT molecular complexity index is 1330. The number of hydrogen-bond donors (Lipinski definition) is 1. The van der Waals surface area contributed by atoms with Gasteiger partial charge >= 0.3 is 0 Å². The topological polar surface area (TPSA) is 73.2 Å². The van der Waals surface area contributed by atoms with Crippen molar-refractivity contribution in [3.05, 3.63) is 107 Å². The van der Waals surface area contributed by atoms with Crippen molar-refractivity contribution in [1.82, 2.24) is 0 Å². The van der Waals surface area contributed by atoms with Crippen LogP contribution in [0.3, 0.4) is 0 Å². The van der Waals surface area contributed by atoms with Crippen LogP contribution in [0.15, 0.2) is 90.6 Å². The highest BCUT2D eigenvalue weighted by molar-refractivity contribution is 6.09. The van der Waals surface area contributed by atoms with Crippen LogP contribution in [0.1, 0.15) is 47.8 Å². The van der Waals surface area contributed by atoms with Crippen molar-refractivity contribution in [3.8, 4) is 6.07 Å². The maximum atomic E-state index is 14.0. The maximum absolute atomic E-state index is 14.0. The summed E-state index contributed by atoms with van der Waals surface area (Å²) in [4.78, 5) is 29.5. The zero-order valence-electron chi connectivity index (χ0n) is 19.2. The summed E-state index contributed by atoms with van der Waals surface area (Å²) < 4.78 is 0. The number of carbonyl (C=O) groups is 2. The standard InChI is InChI=1S/C29H25N3O2/c1-29(2)16-23-26(25(33)17-29)27(20-14-12-19(18-30)13-15-20)32(24-11-7-6-10-22(24)31-23)28(34)21-8-4-3-5-9-21/h3-16,26-27,31H,17H2,1-2H3. The Morgan fingerprint density at radius 1 is 1.00 bits per heavy atom. The fourth-order valence-electron chi connectivity index (χ4n) is 5.05. The van der Waals surface area contributed by atoms with Crippen LogP contribution < -0.4 is 10.2 Å². The third kappa shape index (κ3) is 3.78. The lowest BCUT2D eigenvalue weighted by atomic mass is 9.72. The molecule has 3 aromatic carbocycles. The van der Waals surface area contributed by atoms with E-state index < -0.39 is 12.0 Å². The summed E-state index contributed by atoms with van der Waals surface area (Å²) >= 11 is 0. The van der Waals surface area contributed by atoms with Crippen molar-refractivity contribution in [3.63, 3.8) is 0 Å². The van der Waals surface area contributed by atoms with E-state index >= 15 is 0 Å². The average Bonchev–Trinajstić information content (AvgIpc) is 2.97. The molecular weight excluding hydrogens is 422 g/mol. The van der Waals surface area contributed by atoms with Gasteiger partial charge in [0.1, 0.15) is 5.78 Å². The molecule has 0 saturated heterocycles. The Labute approximate surface area is 199 Å². The van der Waals surface area contributed by atoms with Crippen LogP contribution in [0.2, 0.25) is 0 Å². The first kappa shape index (κ1) is 21.7. The number of Topliss-reactive ketones (excluding diaryl/α,β-unsaturated/α-hetero) is 1. The highest BCUT2D eigenvalue weighted by atomic mass is 16.2. The van der Waals surface area contributed by atoms with Gasteiger partial charge in [-0.15, -0.1) is 0 Å². The first-order valence-corrected chi connectivity index (χ1v) is 11.4. The average molecular weight is 448 g/mol. The molecule has 0 bridgehead atoms. The number of amides is 1. The largest absolute Gasteiger partial charge is 0.357 e. The van der Waals surface area contributed by atoms with Crippen LogP contribution in [0.4, 0.5) is 11.4 Å². The molecule has 2 atom stereocenters. The number of ketones is 1. The molecule has 34 heavy (non-hydrogen) atoms. The minimum Gasteiger partial charge on any atom is -0.357 e. The number of para-hydroxylation sites is 2. The van der Waals surface area contributed by atoms with Gasteiger partial charge in [0.2, 0.25) is 0 Å². The molecule has 5 heteroatoms. The maximum Gasteiger partial charge on any atom is 0.258 e.